The van der Waals surface area contributed by atoms with Crippen molar-refractivity contribution < 1.29 is 27.9 Å². The number of hydrogen-bond acceptors (Lipinski definition) is 7. The molecule has 0 spiro atoms. The van der Waals surface area contributed by atoms with E-state index in [0.717, 1.165) is 11.8 Å². The van der Waals surface area contributed by atoms with Gasteiger partial charge in [0.15, 0.2) is 5.12 Å². The Balaban J connectivity index is 3.93. The Morgan fingerprint density at radius 3 is 2.57 bits per heavy atom. The first kappa shape index (κ1) is 20.4. The monoisotopic (exact) mass is 341 g/mol. The van der Waals surface area contributed by atoms with Gasteiger partial charge in [-0.3, -0.25) is 9.36 Å². The van der Waals surface area contributed by atoms with E-state index < -0.39 is 19.8 Å². The van der Waals surface area contributed by atoms with Crippen molar-refractivity contribution in [1.29, 1.82) is 0 Å². The molecule has 0 bridgehead atoms. The van der Waals surface area contributed by atoms with E-state index in [1.165, 1.54) is 7.11 Å². The first-order valence-corrected chi connectivity index (χ1v) is 8.83. The molecule has 0 heterocycles. The maximum atomic E-state index is 12.0. The van der Waals surface area contributed by atoms with E-state index in [0.29, 0.717) is 25.3 Å². The van der Waals surface area contributed by atoms with E-state index >= 15 is 0 Å². The second-order valence-electron chi connectivity index (χ2n) is 4.72. The Bertz CT molecular complexity index is 364. The van der Waals surface area contributed by atoms with Gasteiger partial charge < -0.3 is 19.1 Å². The highest BCUT2D eigenvalue weighted by Gasteiger charge is 2.27. The summed E-state index contributed by atoms with van der Waals surface area (Å²) >= 11 is 1.12. The van der Waals surface area contributed by atoms with Crippen LogP contribution in [0.5, 0.6) is 0 Å². The van der Waals surface area contributed by atoms with E-state index in [-0.39, 0.29) is 11.7 Å². The molecule has 124 valence electrons. The third-order valence-electron chi connectivity index (χ3n) is 2.55. The lowest BCUT2D eigenvalue weighted by Crippen LogP contribution is -2.31. The third kappa shape index (κ3) is 9.90. The van der Waals surface area contributed by atoms with Crippen LogP contribution in [0, 0.1) is 5.41 Å². The second-order valence-corrected chi connectivity index (χ2v) is 6.98. The van der Waals surface area contributed by atoms with Gasteiger partial charge in [-0.2, -0.15) is 0 Å². The van der Waals surface area contributed by atoms with Crippen molar-refractivity contribution in [1.82, 2.24) is 5.32 Å². The Kier molecular flexibility index (Phi) is 10.8. The van der Waals surface area contributed by atoms with Crippen LogP contribution in [-0.2, 0) is 23.1 Å². The van der Waals surface area contributed by atoms with Crippen LogP contribution in [-0.4, -0.2) is 43.8 Å². The largest absolute Gasteiger partial charge is 0.450 e. The van der Waals surface area contributed by atoms with Crippen molar-refractivity contribution in [3.8, 4) is 0 Å². The Morgan fingerprint density at radius 1 is 1.33 bits per heavy atom. The average Bonchev–Trinajstić information content (AvgIpc) is 2.42. The summed E-state index contributed by atoms with van der Waals surface area (Å²) in [7, 11) is -1.12. The Hall–Kier alpha value is -0.560. The van der Waals surface area contributed by atoms with Gasteiger partial charge in [0.05, 0.1) is 13.2 Å². The van der Waals surface area contributed by atoms with Gasteiger partial charge in [-0.1, -0.05) is 25.6 Å². The molecule has 0 fully saturated rings. The standard InChI is InChI=1S/C12H24NO6PS/c1-5-18-11(15)13-7-6-12(2,3)10(14)21-9-8-19-20(16)17-4/h20H,5-9H2,1-4H3,(H,13,15). The van der Waals surface area contributed by atoms with E-state index in [4.69, 9.17) is 9.26 Å². The minimum Gasteiger partial charge on any atom is -0.450 e. The molecule has 0 rings (SSSR count). The zero-order valence-corrected chi connectivity index (χ0v) is 14.7. The van der Waals surface area contributed by atoms with Crippen LogP contribution in [0.1, 0.15) is 27.2 Å². The first-order chi connectivity index (χ1) is 9.83. The fourth-order valence-electron chi connectivity index (χ4n) is 1.27. The van der Waals surface area contributed by atoms with E-state index in [9.17, 15) is 14.2 Å². The number of hydrogen-bond donors (Lipinski definition) is 1. The molecule has 1 amide bonds. The smallest absolute Gasteiger partial charge is 0.407 e. The van der Waals surface area contributed by atoms with Gasteiger partial charge in [-0.25, -0.2) is 4.79 Å². The molecule has 0 aromatic rings. The number of ether oxygens (including phenoxy) is 1. The summed E-state index contributed by atoms with van der Waals surface area (Å²) in [5.74, 6) is 0.410. The maximum absolute atomic E-state index is 12.0. The number of alkyl carbamates (subject to hydrolysis) is 1. The molecule has 0 radical (unpaired) electrons. The molecule has 9 heteroatoms. The molecule has 0 saturated carbocycles. The molecule has 0 aliphatic rings. The first-order valence-electron chi connectivity index (χ1n) is 6.62. The molecule has 0 saturated heterocycles. The van der Waals surface area contributed by atoms with E-state index in [1.807, 2.05) is 13.8 Å². The highest BCUT2D eigenvalue weighted by atomic mass is 32.2. The van der Waals surface area contributed by atoms with Crippen LogP contribution in [0.25, 0.3) is 0 Å². The van der Waals surface area contributed by atoms with Gasteiger partial charge in [0.2, 0.25) is 0 Å². The zero-order chi connectivity index (χ0) is 16.3. The van der Waals surface area contributed by atoms with Crippen LogP contribution in [0.2, 0.25) is 0 Å². The molecule has 21 heavy (non-hydrogen) atoms. The average molecular weight is 341 g/mol. The van der Waals surface area contributed by atoms with Gasteiger partial charge in [0.25, 0.3) is 0 Å². The van der Waals surface area contributed by atoms with Gasteiger partial charge in [-0.05, 0) is 13.3 Å². The summed E-state index contributed by atoms with van der Waals surface area (Å²) in [6.07, 6.45) is 0.0270. The Labute approximate surface area is 130 Å². The molecule has 7 nitrogen and oxygen atoms in total. The van der Waals surface area contributed by atoms with Gasteiger partial charge in [0, 0.05) is 24.8 Å². The molecule has 0 aliphatic carbocycles. The highest BCUT2D eigenvalue weighted by molar-refractivity contribution is 8.13. The van der Waals surface area contributed by atoms with Crippen LogP contribution < -0.4 is 5.32 Å². The van der Waals surface area contributed by atoms with E-state index in [2.05, 4.69) is 9.84 Å². The molecule has 1 N–H and O–H groups in total. The predicted octanol–water partition coefficient (Wildman–Crippen LogP) is 2.46. The third-order valence-corrected chi connectivity index (χ3v) is 4.51. The summed E-state index contributed by atoms with van der Waals surface area (Å²) < 4.78 is 25.0. The van der Waals surface area contributed by atoms with Crippen LogP contribution >= 0.6 is 20.0 Å². The fourth-order valence-corrected chi connectivity index (χ4v) is 2.65. The normalized spacial score (nSPS) is 12.8. The second kappa shape index (κ2) is 11.1. The molecular weight excluding hydrogens is 317 g/mol. The van der Waals surface area contributed by atoms with Gasteiger partial charge in [0.1, 0.15) is 0 Å². The SMILES string of the molecule is CCOC(=O)NCCC(C)(C)C(=O)SCCO[PH](=O)OC. The van der Waals surface area contributed by atoms with Crippen molar-refractivity contribution in [2.45, 2.75) is 27.2 Å². The van der Waals surface area contributed by atoms with Crippen LogP contribution in [0.15, 0.2) is 0 Å². The summed E-state index contributed by atoms with van der Waals surface area (Å²) in [6.45, 7) is 6.23. The number of rotatable bonds is 10. The van der Waals surface area contributed by atoms with Crippen molar-refractivity contribution in [3.05, 3.63) is 0 Å². The summed E-state index contributed by atoms with van der Waals surface area (Å²) in [4.78, 5) is 23.2. The number of carbonyl (C=O) groups excluding carboxylic acids is 2. The van der Waals surface area contributed by atoms with Crippen LogP contribution in [0.3, 0.4) is 0 Å². The fraction of sp³-hybridized carbons (Fsp3) is 0.833. The maximum Gasteiger partial charge on any atom is 0.407 e. The lowest BCUT2D eigenvalue weighted by molar-refractivity contribution is -0.118. The number of nitrogens with one attached hydrogen (secondary N) is 1. The van der Waals surface area contributed by atoms with E-state index in [1.54, 1.807) is 6.92 Å². The summed E-state index contributed by atoms with van der Waals surface area (Å²) in [6, 6.07) is 0. The van der Waals surface area contributed by atoms with Crippen molar-refractivity contribution >= 4 is 31.2 Å². The zero-order valence-electron chi connectivity index (χ0n) is 12.9. The quantitative estimate of drug-likeness (QED) is 0.482. The molecule has 1 atom stereocenters. The van der Waals surface area contributed by atoms with Gasteiger partial charge >= 0.3 is 14.3 Å². The summed E-state index contributed by atoms with van der Waals surface area (Å²) in [5.41, 5.74) is -0.573. The predicted molar refractivity (Wildman–Crippen MR) is 82.9 cm³/mol. The highest BCUT2D eigenvalue weighted by Crippen LogP contribution is 2.28. The lowest BCUT2D eigenvalue weighted by atomic mass is 9.91. The molecular formula is C12H24NO6PS. The molecule has 0 aromatic heterocycles. The number of amides is 1. The van der Waals surface area contributed by atoms with Crippen molar-refractivity contribution in [2.24, 2.45) is 5.41 Å². The minimum absolute atomic E-state index is 0.00570. The molecule has 0 aromatic carbocycles. The topological polar surface area (TPSA) is 90.9 Å². The molecule has 0 aliphatic heterocycles. The van der Waals surface area contributed by atoms with Crippen LogP contribution in [0.4, 0.5) is 4.79 Å². The van der Waals surface area contributed by atoms with Crippen molar-refractivity contribution in [2.75, 3.05) is 32.6 Å². The minimum atomic E-state index is -2.43. The van der Waals surface area contributed by atoms with Crippen molar-refractivity contribution in [3.63, 3.8) is 0 Å². The van der Waals surface area contributed by atoms with Gasteiger partial charge in [-0.15, -0.1) is 0 Å². The lowest BCUT2D eigenvalue weighted by Gasteiger charge is -2.22. The number of carbonyl (C=O) groups is 2. The number of thioether (sulfide) groups is 1. The Morgan fingerprint density at radius 2 is 2.00 bits per heavy atom. The summed E-state index contributed by atoms with van der Waals surface area (Å²) in [5, 5.41) is 2.58. The molecule has 1 unspecified atom stereocenters.